The summed E-state index contributed by atoms with van der Waals surface area (Å²) in [6, 6.07) is 3.46. The molecule has 0 bridgehead atoms. The van der Waals surface area contributed by atoms with E-state index >= 15 is 0 Å². The highest BCUT2D eigenvalue weighted by Crippen LogP contribution is 2.12. The van der Waals surface area contributed by atoms with Crippen LogP contribution in [0, 0.1) is 5.92 Å². The predicted molar refractivity (Wildman–Crippen MR) is 60.1 cm³/mol. The van der Waals surface area contributed by atoms with E-state index in [1.165, 1.54) is 6.20 Å². The zero-order chi connectivity index (χ0) is 11.2. The molecule has 16 heavy (non-hydrogen) atoms. The number of hydrogen-bond acceptors (Lipinski definition) is 4. The van der Waals surface area contributed by atoms with Crippen LogP contribution in [0.3, 0.4) is 0 Å². The van der Waals surface area contributed by atoms with Gasteiger partial charge in [-0.3, -0.25) is 4.98 Å². The first-order valence-corrected chi connectivity index (χ1v) is 5.64. The smallest absolute Gasteiger partial charge is 0.339 e. The largest absolute Gasteiger partial charge is 0.462 e. The summed E-state index contributed by atoms with van der Waals surface area (Å²) in [5, 5.41) is 3.28. The summed E-state index contributed by atoms with van der Waals surface area (Å²) in [5.74, 6) is 0.230. The van der Waals surface area contributed by atoms with Crippen molar-refractivity contribution >= 4 is 5.97 Å². The van der Waals surface area contributed by atoms with Gasteiger partial charge in [-0.2, -0.15) is 0 Å². The third-order valence-electron chi connectivity index (χ3n) is 2.81. The third-order valence-corrected chi connectivity index (χ3v) is 2.81. The molecule has 0 spiro atoms. The Kier molecular flexibility index (Phi) is 3.88. The van der Waals surface area contributed by atoms with Crippen molar-refractivity contribution in [2.75, 3.05) is 19.7 Å². The topological polar surface area (TPSA) is 51.2 Å². The van der Waals surface area contributed by atoms with E-state index in [1.807, 2.05) is 0 Å². The summed E-state index contributed by atoms with van der Waals surface area (Å²) in [6.45, 7) is 2.57. The Hall–Kier alpha value is -1.42. The fraction of sp³-hybridized carbons (Fsp3) is 0.500. The molecule has 4 heteroatoms. The highest BCUT2D eigenvalue weighted by atomic mass is 16.5. The molecule has 2 heterocycles. The molecule has 0 atom stereocenters. The van der Waals surface area contributed by atoms with Gasteiger partial charge in [0.25, 0.3) is 0 Å². The molecule has 0 amide bonds. The van der Waals surface area contributed by atoms with Crippen LogP contribution in [-0.2, 0) is 4.74 Å². The van der Waals surface area contributed by atoms with E-state index in [2.05, 4.69) is 10.3 Å². The lowest BCUT2D eigenvalue weighted by atomic mass is 9.99. The van der Waals surface area contributed by atoms with Crippen molar-refractivity contribution in [3.63, 3.8) is 0 Å². The van der Waals surface area contributed by atoms with Gasteiger partial charge in [-0.15, -0.1) is 0 Å². The zero-order valence-electron chi connectivity index (χ0n) is 9.19. The Morgan fingerprint density at radius 2 is 2.31 bits per heavy atom. The molecule has 0 aliphatic carbocycles. The van der Waals surface area contributed by atoms with Gasteiger partial charge < -0.3 is 10.1 Å². The first-order chi connectivity index (χ1) is 7.86. The normalized spacial score (nSPS) is 17.0. The summed E-state index contributed by atoms with van der Waals surface area (Å²) in [4.78, 5) is 15.5. The van der Waals surface area contributed by atoms with E-state index in [9.17, 15) is 4.79 Å². The standard InChI is InChI=1S/C12H16N2O2/c15-12(11-2-1-5-14-8-11)16-9-10-3-6-13-7-4-10/h1-2,5,8,10,13H,3-4,6-7,9H2. The minimum absolute atomic E-state index is 0.272. The first kappa shape index (κ1) is 11.1. The molecule has 1 aliphatic heterocycles. The molecule has 4 nitrogen and oxygen atoms in total. The molecule has 0 aromatic carbocycles. The number of nitrogens with one attached hydrogen (secondary N) is 1. The minimum Gasteiger partial charge on any atom is -0.462 e. The van der Waals surface area contributed by atoms with E-state index in [0.29, 0.717) is 18.1 Å². The van der Waals surface area contributed by atoms with Crippen molar-refractivity contribution in [1.29, 1.82) is 0 Å². The van der Waals surface area contributed by atoms with Gasteiger partial charge in [-0.1, -0.05) is 0 Å². The third kappa shape index (κ3) is 3.03. The first-order valence-electron chi connectivity index (χ1n) is 5.64. The number of pyridine rings is 1. The Morgan fingerprint density at radius 1 is 1.50 bits per heavy atom. The van der Waals surface area contributed by atoms with E-state index in [4.69, 9.17) is 4.74 Å². The molecule has 0 unspecified atom stereocenters. The molecule has 86 valence electrons. The number of ether oxygens (including phenoxy) is 1. The number of esters is 1. The molecule has 0 radical (unpaired) electrons. The molecule has 0 saturated carbocycles. The molecule has 1 aromatic heterocycles. The van der Waals surface area contributed by atoms with Crippen LogP contribution < -0.4 is 5.32 Å². The van der Waals surface area contributed by atoms with Crippen molar-refractivity contribution in [1.82, 2.24) is 10.3 Å². The Labute approximate surface area is 95.0 Å². The highest BCUT2D eigenvalue weighted by molar-refractivity contribution is 5.88. The average molecular weight is 220 g/mol. The van der Waals surface area contributed by atoms with Crippen LogP contribution in [0.25, 0.3) is 0 Å². The molecule has 1 aromatic rings. The van der Waals surface area contributed by atoms with Crippen molar-refractivity contribution in [2.45, 2.75) is 12.8 Å². The molecule has 1 fully saturated rings. The van der Waals surface area contributed by atoms with Crippen LogP contribution >= 0.6 is 0 Å². The van der Waals surface area contributed by atoms with Gasteiger partial charge in [-0.05, 0) is 44.0 Å². The second kappa shape index (κ2) is 5.61. The van der Waals surface area contributed by atoms with E-state index in [0.717, 1.165) is 25.9 Å². The molecule has 2 rings (SSSR count). The maximum absolute atomic E-state index is 11.6. The Morgan fingerprint density at radius 3 is 3.00 bits per heavy atom. The van der Waals surface area contributed by atoms with Crippen LogP contribution in [0.15, 0.2) is 24.5 Å². The van der Waals surface area contributed by atoms with Gasteiger partial charge in [0.2, 0.25) is 0 Å². The maximum atomic E-state index is 11.6. The number of hydrogen-bond donors (Lipinski definition) is 1. The average Bonchev–Trinajstić information content (AvgIpc) is 2.38. The highest BCUT2D eigenvalue weighted by Gasteiger charge is 2.15. The van der Waals surface area contributed by atoms with E-state index in [-0.39, 0.29) is 5.97 Å². The molecule has 1 N–H and O–H groups in total. The van der Waals surface area contributed by atoms with Crippen LogP contribution in [0.5, 0.6) is 0 Å². The van der Waals surface area contributed by atoms with Crippen molar-refractivity contribution in [2.24, 2.45) is 5.92 Å². The van der Waals surface area contributed by atoms with E-state index < -0.39 is 0 Å². The van der Waals surface area contributed by atoms with Crippen molar-refractivity contribution < 1.29 is 9.53 Å². The van der Waals surface area contributed by atoms with Crippen LogP contribution in [-0.4, -0.2) is 30.6 Å². The quantitative estimate of drug-likeness (QED) is 0.779. The fourth-order valence-corrected chi connectivity index (χ4v) is 1.81. The summed E-state index contributed by atoms with van der Waals surface area (Å²) in [7, 11) is 0. The molecular formula is C12H16N2O2. The number of piperidine rings is 1. The summed E-state index contributed by atoms with van der Waals surface area (Å²) < 4.78 is 5.26. The lowest BCUT2D eigenvalue weighted by Gasteiger charge is -2.21. The van der Waals surface area contributed by atoms with Crippen molar-refractivity contribution in [3.05, 3.63) is 30.1 Å². The van der Waals surface area contributed by atoms with E-state index in [1.54, 1.807) is 18.3 Å². The van der Waals surface area contributed by atoms with Crippen LogP contribution in [0.2, 0.25) is 0 Å². The van der Waals surface area contributed by atoms with Gasteiger partial charge in [0.05, 0.1) is 12.2 Å². The Balaban J connectivity index is 1.79. The second-order valence-corrected chi connectivity index (χ2v) is 4.03. The monoisotopic (exact) mass is 220 g/mol. The summed E-state index contributed by atoms with van der Waals surface area (Å²) >= 11 is 0. The fourth-order valence-electron chi connectivity index (χ4n) is 1.81. The van der Waals surface area contributed by atoms with Crippen LogP contribution in [0.1, 0.15) is 23.2 Å². The number of carbonyl (C=O) groups is 1. The van der Waals surface area contributed by atoms with Gasteiger partial charge in [0, 0.05) is 12.4 Å². The maximum Gasteiger partial charge on any atom is 0.339 e. The van der Waals surface area contributed by atoms with Crippen LogP contribution in [0.4, 0.5) is 0 Å². The SMILES string of the molecule is O=C(OCC1CCNCC1)c1cccnc1. The van der Waals surface area contributed by atoms with Gasteiger partial charge in [0.1, 0.15) is 0 Å². The molecule has 1 aliphatic rings. The number of aromatic nitrogens is 1. The number of nitrogens with zero attached hydrogens (tertiary/aromatic N) is 1. The van der Waals surface area contributed by atoms with Gasteiger partial charge in [-0.25, -0.2) is 4.79 Å². The van der Waals surface area contributed by atoms with Crippen molar-refractivity contribution in [3.8, 4) is 0 Å². The number of carbonyl (C=O) groups excluding carboxylic acids is 1. The second-order valence-electron chi connectivity index (χ2n) is 4.03. The molecule has 1 saturated heterocycles. The lowest BCUT2D eigenvalue weighted by molar-refractivity contribution is 0.0415. The zero-order valence-corrected chi connectivity index (χ0v) is 9.19. The molecular weight excluding hydrogens is 204 g/mol. The Bertz CT molecular complexity index is 334. The predicted octanol–water partition coefficient (Wildman–Crippen LogP) is 1.24. The lowest BCUT2D eigenvalue weighted by Crippen LogP contribution is -2.30. The minimum atomic E-state index is -0.272. The summed E-state index contributed by atoms with van der Waals surface area (Å²) in [5.41, 5.74) is 0.524. The number of rotatable bonds is 3. The van der Waals surface area contributed by atoms with Gasteiger partial charge in [0.15, 0.2) is 0 Å². The summed E-state index contributed by atoms with van der Waals surface area (Å²) in [6.07, 6.45) is 5.34. The van der Waals surface area contributed by atoms with Gasteiger partial charge >= 0.3 is 5.97 Å².